The Kier molecular flexibility index (Phi) is 3.66. The lowest BCUT2D eigenvalue weighted by Crippen LogP contribution is -2.24. The first kappa shape index (κ1) is 14.7. The van der Waals surface area contributed by atoms with Crippen LogP contribution in [-0.4, -0.2) is 18.0 Å². The van der Waals surface area contributed by atoms with Gasteiger partial charge in [-0.05, 0) is 12.1 Å². The lowest BCUT2D eigenvalue weighted by molar-refractivity contribution is -0.116. The minimum absolute atomic E-state index is 0.143. The third-order valence-corrected chi connectivity index (χ3v) is 4.73. The molecule has 0 bridgehead atoms. The maximum absolute atomic E-state index is 12.9. The summed E-state index contributed by atoms with van der Waals surface area (Å²) in [6.07, 6.45) is 1.59. The first-order valence-electron chi connectivity index (χ1n) is 7.42. The number of thiazole rings is 1. The molecule has 0 aliphatic carbocycles. The van der Waals surface area contributed by atoms with Gasteiger partial charge in [0.1, 0.15) is 11.5 Å². The number of hydrogen-bond acceptors (Lipinski definition) is 5. The third-order valence-electron chi connectivity index (χ3n) is 3.86. The van der Waals surface area contributed by atoms with Crippen molar-refractivity contribution >= 4 is 22.4 Å². The first-order chi connectivity index (χ1) is 11.8. The molecule has 24 heavy (non-hydrogen) atoms. The van der Waals surface area contributed by atoms with Gasteiger partial charge in [-0.15, -0.1) is 0 Å². The molecule has 1 aliphatic heterocycles. The van der Waals surface area contributed by atoms with Crippen molar-refractivity contribution in [1.29, 1.82) is 0 Å². The van der Waals surface area contributed by atoms with Crippen molar-refractivity contribution in [2.24, 2.45) is 0 Å². The Bertz CT molecular complexity index is 861. The van der Waals surface area contributed by atoms with Crippen LogP contribution in [0.5, 0.6) is 16.6 Å². The van der Waals surface area contributed by atoms with Crippen LogP contribution < -0.4 is 14.8 Å². The van der Waals surface area contributed by atoms with Crippen LogP contribution in [0.1, 0.15) is 17.0 Å². The number of hydrogen-bond donors (Lipinski definition) is 1. The molecule has 0 atom stereocenters. The van der Waals surface area contributed by atoms with Crippen LogP contribution in [0.2, 0.25) is 0 Å². The molecule has 1 N–H and O–H groups in total. The summed E-state index contributed by atoms with van der Waals surface area (Å²) in [6, 6.07) is 15.2. The number of carbonyl (C=O) groups is 1. The van der Waals surface area contributed by atoms with Crippen LogP contribution in [-0.2, 0) is 4.79 Å². The molecule has 4 rings (SSSR count). The molecule has 1 aliphatic rings. The van der Waals surface area contributed by atoms with E-state index in [1.54, 1.807) is 13.3 Å². The van der Waals surface area contributed by atoms with Gasteiger partial charge < -0.3 is 14.8 Å². The van der Waals surface area contributed by atoms with Crippen LogP contribution in [0, 0.1) is 0 Å². The lowest BCUT2D eigenvalue weighted by atomic mass is 9.87. The SMILES string of the molecule is COc1cnc(NC(=O)C2c3ccccc3Oc3ccccc32)s1. The van der Waals surface area contributed by atoms with Crippen molar-refractivity contribution < 1.29 is 14.3 Å². The number of aromatic nitrogens is 1. The quantitative estimate of drug-likeness (QED) is 0.783. The van der Waals surface area contributed by atoms with E-state index in [1.165, 1.54) is 11.3 Å². The van der Waals surface area contributed by atoms with Crippen LogP contribution in [0.4, 0.5) is 5.13 Å². The second kappa shape index (κ2) is 5.98. The predicted molar refractivity (Wildman–Crippen MR) is 92.1 cm³/mol. The molecule has 1 amide bonds. The molecular weight excluding hydrogens is 324 g/mol. The second-order valence-electron chi connectivity index (χ2n) is 5.29. The van der Waals surface area contributed by atoms with Gasteiger partial charge in [0.2, 0.25) is 5.91 Å². The summed E-state index contributed by atoms with van der Waals surface area (Å²) in [7, 11) is 1.57. The minimum Gasteiger partial charge on any atom is -0.486 e. The van der Waals surface area contributed by atoms with Gasteiger partial charge in [0.15, 0.2) is 10.2 Å². The van der Waals surface area contributed by atoms with Gasteiger partial charge in [-0.25, -0.2) is 4.98 Å². The Balaban J connectivity index is 1.72. The Morgan fingerprint density at radius 2 is 1.75 bits per heavy atom. The zero-order chi connectivity index (χ0) is 16.5. The van der Waals surface area contributed by atoms with E-state index in [9.17, 15) is 4.79 Å². The Morgan fingerprint density at radius 1 is 1.12 bits per heavy atom. The topological polar surface area (TPSA) is 60.5 Å². The van der Waals surface area contributed by atoms with E-state index in [4.69, 9.17) is 9.47 Å². The molecule has 120 valence electrons. The van der Waals surface area contributed by atoms with E-state index in [-0.39, 0.29) is 5.91 Å². The molecule has 5 nitrogen and oxygen atoms in total. The number of ether oxygens (including phenoxy) is 2. The third kappa shape index (κ3) is 2.51. The molecule has 3 aromatic rings. The van der Waals surface area contributed by atoms with E-state index in [2.05, 4.69) is 10.3 Å². The van der Waals surface area contributed by atoms with E-state index in [1.807, 2.05) is 48.5 Å². The highest BCUT2D eigenvalue weighted by Gasteiger charge is 2.32. The number of nitrogens with one attached hydrogen (secondary N) is 1. The zero-order valence-electron chi connectivity index (χ0n) is 12.9. The van der Waals surface area contributed by atoms with Gasteiger partial charge in [-0.2, -0.15) is 0 Å². The highest BCUT2D eigenvalue weighted by molar-refractivity contribution is 7.17. The number of rotatable bonds is 3. The summed E-state index contributed by atoms with van der Waals surface area (Å²) in [5.41, 5.74) is 1.69. The minimum atomic E-state index is -0.443. The fourth-order valence-corrected chi connectivity index (χ4v) is 3.42. The Morgan fingerprint density at radius 3 is 2.33 bits per heavy atom. The zero-order valence-corrected chi connectivity index (χ0v) is 13.7. The average molecular weight is 338 g/mol. The summed E-state index contributed by atoms with van der Waals surface area (Å²) in [5, 5.41) is 4.04. The first-order valence-corrected chi connectivity index (χ1v) is 8.24. The maximum atomic E-state index is 12.9. The summed E-state index contributed by atoms with van der Waals surface area (Å²) in [5.74, 6) is 0.817. The fourth-order valence-electron chi connectivity index (χ4n) is 2.78. The summed E-state index contributed by atoms with van der Waals surface area (Å²) in [6.45, 7) is 0. The number of anilines is 1. The molecule has 0 spiro atoms. The normalized spacial score (nSPS) is 12.7. The standard InChI is InChI=1S/C18H14N2O3S/c1-22-15-10-19-18(24-15)20-17(21)16-11-6-2-4-8-13(11)23-14-9-5-3-7-12(14)16/h2-10,16H,1H3,(H,19,20,21). The molecule has 0 radical (unpaired) electrons. The van der Waals surface area contributed by atoms with E-state index >= 15 is 0 Å². The van der Waals surface area contributed by atoms with Gasteiger partial charge in [0.05, 0.1) is 19.2 Å². The molecular formula is C18H14N2O3S. The van der Waals surface area contributed by atoms with Gasteiger partial charge in [-0.1, -0.05) is 47.7 Å². The fraction of sp³-hybridized carbons (Fsp3) is 0.111. The molecule has 0 fully saturated rings. The van der Waals surface area contributed by atoms with E-state index < -0.39 is 5.92 Å². The lowest BCUT2D eigenvalue weighted by Gasteiger charge is -2.27. The average Bonchev–Trinajstić information content (AvgIpc) is 3.07. The number of fused-ring (bicyclic) bond motifs is 2. The Hall–Kier alpha value is -2.86. The van der Waals surface area contributed by atoms with Crippen molar-refractivity contribution in [2.75, 3.05) is 12.4 Å². The van der Waals surface area contributed by atoms with Crippen molar-refractivity contribution in [3.8, 4) is 16.6 Å². The van der Waals surface area contributed by atoms with Crippen molar-refractivity contribution in [3.63, 3.8) is 0 Å². The van der Waals surface area contributed by atoms with Gasteiger partial charge in [-0.3, -0.25) is 4.79 Å². The number of amides is 1. The van der Waals surface area contributed by atoms with Crippen molar-refractivity contribution in [2.45, 2.75) is 5.92 Å². The molecule has 0 saturated carbocycles. The molecule has 6 heteroatoms. The molecule has 0 saturated heterocycles. The molecule has 2 aromatic carbocycles. The number of benzene rings is 2. The number of methoxy groups -OCH3 is 1. The maximum Gasteiger partial charge on any atom is 0.238 e. The highest BCUT2D eigenvalue weighted by Crippen LogP contribution is 2.44. The van der Waals surface area contributed by atoms with Gasteiger partial charge in [0, 0.05) is 11.1 Å². The second-order valence-corrected chi connectivity index (χ2v) is 6.28. The van der Waals surface area contributed by atoms with Crippen LogP contribution in [0.15, 0.2) is 54.7 Å². The number of para-hydroxylation sites is 2. The van der Waals surface area contributed by atoms with Gasteiger partial charge in [0.25, 0.3) is 0 Å². The Labute approximate surface area is 142 Å². The molecule has 1 aromatic heterocycles. The highest BCUT2D eigenvalue weighted by atomic mass is 32.1. The predicted octanol–water partition coefficient (Wildman–Crippen LogP) is 4.03. The summed E-state index contributed by atoms with van der Waals surface area (Å²) >= 11 is 1.29. The monoisotopic (exact) mass is 338 g/mol. The molecule has 0 unspecified atom stereocenters. The van der Waals surface area contributed by atoms with E-state index in [0.717, 1.165) is 11.1 Å². The summed E-state index contributed by atoms with van der Waals surface area (Å²) < 4.78 is 11.0. The smallest absolute Gasteiger partial charge is 0.238 e. The largest absolute Gasteiger partial charge is 0.486 e. The van der Waals surface area contributed by atoms with Crippen molar-refractivity contribution in [3.05, 3.63) is 65.9 Å². The van der Waals surface area contributed by atoms with Crippen LogP contribution in [0.25, 0.3) is 0 Å². The summed E-state index contributed by atoms with van der Waals surface area (Å²) in [4.78, 5) is 17.1. The van der Waals surface area contributed by atoms with Gasteiger partial charge >= 0.3 is 0 Å². The molecule has 2 heterocycles. The van der Waals surface area contributed by atoms with E-state index in [0.29, 0.717) is 21.7 Å². The number of nitrogens with zero attached hydrogens (tertiary/aromatic N) is 1. The van der Waals surface area contributed by atoms with Crippen LogP contribution in [0.3, 0.4) is 0 Å². The number of carbonyl (C=O) groups excluding carboxylic acids is 1. The van der Waals surface area contributed by atoms with Crippen LogP contribution >= 0.6 is 11.3 Å². The van der Waals surface area contributed by atoms with Crippen molar-refractivity contribution in [1.82, 2.24) is 4.98 Å².